The zero-order valence-electron chi connectivity index (χ0n) is 12.2. The third kappa shape index (κ3) is 12.2. The molecule has 0 rings (SSSR count). The van der Waals surface area contributed by atoms with Crippen molar-refractivity contribution in [2.24, 2.45) is 0 Å². The Labute approximate surface area is 109 Å². The van der Waals surface area contributed by atoms with Crippen molar-refractivity contribution in [3.63, 3.8) is 0 Å². The van der Waals surface area contributed by atoms with Crippen molar-refractivity contribution >= 4 is 0 Å². The van der Waals surface area contributed by atoms with Gasteiger partial charge in [0.1, 0.15) is 19.3 Å². The lowest BCUT2D eigenvalue weighted by molar-refractivity contribution is -0.413. The second kappa shape index (κ2) is 9.66. The van der Waals surface area contributed by atoms with E-state index in [1.807, 2.05) is 41.5 Å². The monoisotopic (exact) mass is 266 g/mol. The van der Waals surface area contributed by atoms with Crippen LogP contribution in [0.2, 0.25) is 0 Å². The van der Waals surface area contributed by atoms with Crippen molar-refractivity contribution in [1.82, 2.24) is 0 Å². The first-order valence-corrected chi connectivity index (χ1v) is 6.22. The lowest BCUT2D eigenvalue weighted by atomic mass is 10.2. The maximum Gasteiger partial charge on any atom is 0.146 e. The van der Waals surface area contributed by atoms with E-state index in [1.165, 1.54) is 0 Å². The average molecular weight is 266 g/mol. The summed E-state index contributed by atoms with van der Waals surface area (Å²) in [5.41, 5.74) is -0.371. The van der Waals surface area contributed by atoms with E-state index in [0.717, 1.165) is 0 Å². The molecule has 0 aromatic rings. The molecule has 6 nitrogen and oxygen atoms in total. The molecule has 110 valence electrons. The molecule has 0 aliphatic heterocycles. The normalized spacial score (nSPS) is 14.2. The quantitative estimate of drug-likeness (QED) is 0.344. The van der Waals surface area contributed by atoms with Gasteiger partial charge in [-0.15, -0.1) is 0 Å². The molecule has 18 heavy (non-hydrogen) atoms. The first-order valence-electron chi connectivity index (χ1n) is 6.22. The highest BCUT2D eigenvalue weighted by atomic mass is 17.2. The third-order valence-corrected chi connectivity index (χ3v) is 1.40. The van der Waals surface area contributed by atoms with Crippen molar-refractivity contribution < 1.29 is 29.3 Å². The molecule has 0 spiro atoms. The smallest absolute Gasteiger partial charge is 0.146 e. The minimum absolute atomic E-state index is 0.0388. The van der Waals surface area contributed by atoms with Crippen LogP contribution >= 0.6 is 0 Å². The fraction of sp³-hybridized carbons (Fsp3) is 1.00. The summed E-state index contributed by atoms with van der Waals surface area (Å²) in [7, 11) is 0. The molecule has 0 saturated heterocycles. The summed E-state index contributed by atoms with van der Waals surface area (Å²) in [6, 6.07) is 0. The summed E-state index contributed by atoms with van der Waals surface area (Å²) < 4.78 is 0. The second-order valence-electron chi connectivity index (χ2n) is 5.03. The van der Waals surface area contributed by atoms with Crippen LogP contribution < -0.4 is 0 Å². The highest BCUT2D eigenvalue weighted by Crippen LogP contribution is 2.08. The standard InChI is InChI=1S/C12H26O6/c1-7-13-14-8-11(17-16-10(2)3)9-15-18-12(4,5)6/h10-11H,7-9H2,1-6H3. The minimum atomic E-state index is -0.415. The van der Waals surface area contributed by atoms with Crippen LogP contribution in [0.3, 0.4) is 0 Å². The highest BCUT2D eigenvalue weighted by Gasteiger charge is 2.17. The molecular formula is C12H26O6. The molecule has 0 N–H and O–H groups in total. The number of hydrogen-bond acceptors (Lipinski definition) is 6. The zero-order valence-corrected chi connectivity index (χ0v) is 12.2. The fourth-order valence-corrected chi connectivity index (χ4v) is 0.787. The van der Waals surface area contributed by atoms with E-state index < -0.39 is 6.10 Å². The van der Waals surface area contributed by atoms with Crippen LogP contribution in [0.5, 0.6) is 0 Å². The van der Waals surface area contributed by atoms with Crippen LogP contribution in [-0.4, -0.2) is 37.6 Å². The van der Waals surface area contributed by atoms with E-state index in [9.17, 15) is 0 Å². The van der Waals surface area contributed by atoms with E-state index in [0.29, 0.717) is 6.61 Å². The molecule has 1 unspecified atom stereocenters. The first kappa shape index (κ1) is 17.8. The van der Waals surface area contributed by atoms with Gasteiger partial charge in [0.25, 0.3) is 0 Å². The second-order valence-corrected chi connectivity index (χ2v) is 5.03. The largest absolute Gasteiger partial charge is 0.237 e. The summed E-state index contributed by atoms with van der Waals surface area (Å²) in [5.74, 6) is 0. The van der Waals surface area contributed by atoms with Gasteiger partial charge < -0.3 is 0 Å². The molecule has 0 fully saturated rings. The Morgan fingerprint density at radius 2 is 1.50 bits per heavy atom. The maximum absolute atomic E-state index is 5.15. The number of rotatable bonds is 10. The van der Waals surface area contributed by atoms with Crippen LogP contribution in [0.25, 0.3) is 0 Å². The molecule has 0 amide bonds. The van der Waals surface area contributed by atoms with Crippen molar-refractivity contribution in [3.8, 4) is 0 Å². The summed E-state index contributed by atoms with van der Waals surface area (Å²) in [6.07, 6.45) is -0.454. The van der Waals surface area contributed by atoms with Crippen LogP contribution in [0.15, 0.2) is 0 Å². The summed E-state index contributed by atoms with van der Waals surface area (Å²) in [5, 5.41) is 0. The Bertz CT molecular complexity index is 189. The molecule has 0 radical (unpaired) electrons. The average Bonchev–Trinajstić information content (AvgIpc) is 2.23. The van der Waals surface area contributed by atoms with E-state index in [-0.39, 0.29) is 24.9 Å². The Hall–Kier alpha value is -0.240. The zero-order chi connectivity index (χ0) is 14.0. The Kier molecular flexibility index (Phi) is 9.53. The molecule has 0 bridgehead atoms. The van der Waals surface area contributed by atoms with Crippen molar-refractivity contribution in [2.75, 3.05) is 19.8 Å². The molecule has 0 aliphatic carbocycles. The first-order chi connectivity index (χ1) is 8.35. The minimum Gasteiger partial charge on any atom is -0.237 e. The molecular weight excluding hydrogens is 240 g/mol. The molecule has 1 atom stereocenters. The molecule has 0 saturated carbocycles. The lowest BCUT2D eigenvalue weighted by Gasteiger charge is -2.21. The van der Waals surface area contributed by atoms with E-state index in [4.69, 9.17) is 29.3 Å². The SMILES string of the molecule is CCOOCC(COOC(C)(C)C)OOC(C)C. The molecule has 0 heterocycles. The topological polar surface area (TPSA) is 55.4 Å². The molecule has 0 aromatic carbocycles. The predicted molar refractivity (Wildman–Crippen MR) is 65.5 cm³/mol. The Morgan fingerprint density at radius 3 is 2.00 bits per heavy atom. The van der Waals surface area contributed by atoms with Crippen LogP contribution in [-0.2, 0) is 29.3 Å². The Morgan fingerprint density at radius 1 is 0.889 bits per heavy atom. The van der Waals surface area contributed by atoms with Crippen LogP contribution in [0, 0.1) is 0 Å². The molecule has 0 aromatic heterocycles. The molecule has 6 heteroatoms. The Balaban J connectivity index is 3.88. The van der Waals surface area contributed by atoms with E-state index in [1.54, 1.807) is 0 Å². The van der Waals surface area contributed by atoms with E-state index >= 15 is 0 Å². The van der Waals surface area contributed by atoms with Gasteiger partial charge in [-0.2, -0.15) is 0 Å². The van der Waals surface area contributed by atoms with Crippen molar-refractivity contribution in [3.05, 3.63) is 0 Å². The molecule has 0 aliphatic rings. The van der Waals surface area contributed by atoms with Crippen molar-refractivity contribution in [2.45, 2.75) is 59.4 Å². The van der Waals surface area contributed by atoms with Gasteiger partial charge in [-0.25, -0.2) is 29.3 Å². The van der Waals surface area contributed by atoms with Gasteiger partial charge >= 0.3 is 0 Å². The fourth-order valence-electron chi connectivity index (χ4n) is 0.787. The maximum atomic E-state index is 5.15. The van der Waals surface area contributed by atoms with Gasteiger partial charge in [-0.1, -0.05) is 0 Å². The summed E-state index contributed by atoms with van der Waals surface area (Å²) in [4.78, 5) is 30.1. The number of hydrogen-bond donors (Lipinski definition) is 0. The summed E-state index contributed by atoms with van der Waals surface area (Å²) in [6.45, 7) is 12.1. The van der Waals surface area contributed by atoms with Gasteiger partial charge in [0.05, 0.1) is 18.3 Å². The van der Waals surface area contributed by atoms with Gasteiger partial charge in [0.2, 0.25) is 0 Å². The van der Waals surface area contributed by atoms with Crippen molar-refractivity contribution in [1.29, 1.82) is 0 Å². The van der Waals surface area contributed by atoms with Crippen LogP contribution in [0.1, 0.15) is 41.5 Å². The van der Waals surface area contributed by atoms with Gasteiger partial charge in [0, 0.05) is 0 Å². The van der Waals surface area contributed by atoms with Gasteiger partial charge in [0.15, 0.2) is 0 Å². The predicted octanol–water partition coefficient (Wildman–Crippen LogP) is 2.43. The summed E-state index contributed by atoms with van der Waals surface area (Å²) >= 11 is 0. The van der Waals surface area contributed by atoms with E-state index in [2.05, 4.69) is 0 Å². The highest BCUT2D eigenvalue weighted by molar-refractivity contribution is 4.55. The lowest BCUT2D eigenvalue weighted by Crippen LogP contribution is -2.29. The van der Waals surface area contributed by atoms with Gasteiger partial charge in [-0.05, 0) is 41.5 Å². The van der Waals surface area contributed by atoms with Crippen LogP contribution in [0.4, 0.5) is 0 Å². The van der Waals surface area contributed by atoms with Gasteiger partial charge in [-0.3, -0.25) is 0 Å². The third-order valence-electron chi connectivity index (χ3n) is 1.40.